The highest BCUT2D eigenvalue weighted by Crippen LogP contribution is 2.21. The minimum absolute atomic E-state index is 0.358. The van der Waals surface area contributed by atoms with Gasteiger partial charge < -0.3 is 10.1 Å². The third-order valence-electron chi connectivity index (χ3n) is 3.30. The van der Waals surface area contributed by atoms with E-state index in [1.807, 2.05) is 49.6 Å². The molecule has 0 radical (unpaired) electrons. The first-order valence-electron chi connectivity index (χ1n) is 7.23. The van der Waals surface area contributed by atoms with Crippen LogP contribution in [0.5, 0.6) is 0 Å². The maximum absolute atomic E-state index is 12.2. The van der Waals surface area contributed by atoms with Crippen LogP contribution in [0.15, 0.2) is 53.4 Å². The van der Waals surface area contributed by atoms with Crippen LogP contribution in [0.4, 0.5) is 5.69 Å². The van der Waals surface area contributed by atoms with E-state index in [1.165, 1.54) is 11.8 Å². The van der Waals surface area contributed by atoms with Crippen molar-refractivity contribution in [1.29, 1.82) is 0 Å². The van der Waals surface area contributed by atoms with Crippen molar-refractivity contribution in [2.75, 3.05) is 11.6 Å². The minimum Gasteiger partial charge on any atom is -0.449 e. The molecule has 0 aliphatic carbocycles. The number of thioether (sulfide) groups is 1. The Labute approximate surface area is 140 Å². The fourth-order valence-electron chi connectivity index (χ4n) is 1.97. The van der Waals surface area contributed by atoms with E-state index in [0.717, 1.165) is 10.5 Å². The second-order valence-corrected chi connectivity index (χ2v) is 5.95. The van der Waals surface area contributed by atoms with Gasteiger partial charge in [-0.25, -0.2) is 4.79 Å². The maximum Gasteiger partial charge on any atom is 0.340 e. The summed E-state index contributed by atoms with van der Waals surface area (Å²) in [6, 6.07) is 14.6. The Morgan fingerprint density at radius 3 is 2.39 bits per heavy atom. The Morgan fingerprint density at radius 2 is 1.74 bits per heavy atom. The van der Waals surface area contributed by atoms with Crippen molar-refractivity contribution in [1.82, 2.24) is 0 Å². The van der Waals surface area contributed by atoms with Crippen LogP contribution in [0, 0.1) is 6.92 Å². The molecule has 0 unspecified atom stereocenters. The fraction of sp³-hybridized carbons (Fsp3) is 0.222. The third kappa shape index (κ3) is 4.60. The molecule has 0 fully saturated rings. The number of amides is 1. The van der Waals surface area contributed by atoms with Gasteiger partial charge in [0.2, 0.25) is 0 Å². The number of nitrogens with one attached hydrogen (secondary N) is 1. The topological polar surface area (TPSA) is 55.4 Å². The van der Waals surface area contributed by atoms with Crippen LogP contribution < -0.4 is 5.32 Å². The van der Waals surface area contributed by atoms with Crippen LogP contribution in [0.3, 0.4) is 0 Å². The normalized spacial score (nSPS) is 11.6. The summed E-state index contributed by atoms with van der Waals surface area (Å²) in [7, 11) is 0. The van der Waals surface area contributed by atoms with E-state index in [2.05, 4.69) is 5.32 Å². The number of ether oxygens (including phenoxy) is 1. The van der Waals surface area contributed by atoms with Crippen LogP contribution in [-0.4, -0.2) is 24.2 Å². The molecule has 0 aliphatic heterocycles. The lowest BCUT2D eigenvalue weighted by molar-refractivity contribution is -0.123. The van der Waals surface area contributed by atoms with Gasteiger partial charge in [-0.3, -0.25) is 4.79 Å². The molecule has 5 heteroatoms. The first kappa shape index (κ1) is 17.1. The third-order valence-corrected chi connectivity index (χ3v) is 4.09. The van der Waals surface area contributed by atoms with Gasteiger partial charge in [-0.2, -0.15) is 0 Å². The SMILES string of the molecule is CSc1ccccc1C(=O)O[C@@H](C)C(=O)Nc1ccc(C)cc1. The Morgan fingerprint density at radius 1 is 1.09 bits per heavy atom. The van der Waals surface area contributed by atoms with E-state index in [-0.39, 0.29) is 5.91 Å². The summed E-state index contributed by atoms with van der Waals surface area (Å²) in [4.78, 5) is 25.2. The van der Waals surface area contributed by atoms with Gasteiger partial charge in [0.05, 0.1) is 5.56 Å². The number of hydrogen-bond donors (Lipinski definition) is 1. The highest BCUT2D eigenvalue weighted by Gasteiger charge is 2.20. The Balaban J connectivity index is 2.00. The van der Waals surface area contributed by atoms with E-state index >= 15 is 0 Å². The fourth-order valence-corrected chi connectivity index (χ4v) is 2.56. The first-order valence-corrected chi connectivity index (χ1v) is 8.45. The van der Waals surface area contributed by atoms with E-state index in [9.17, 15) is 9.59 Å². The lowest BCUT2D eigenvalue weighted by Crippen LogP contribution is -2.30. The van der Waals surface area contributed by atoms with Crippen LogP contribution in [-0.2, 0) is 9.53 Å². The predicted octanol–water partition coefficient (Wildman–Crippen LogP) is 3.90. The Bertz CT molecular complexity index is 698. The number of aryl methyl sites for hydroxylation is 1. The number of carbonyl (C=O) groups excluding carboxylic acids is 2. The van der Waals surface area contributed by atoms with E-state index in [4.69, 9.17) is 4.74 Å². The molecule has 1 atom stereocenters. The van der Waals surface area contributed by atoms with E-state index in [1.54, 1.807) is 19.1 Å². The molecule has 2 aromatic rings. The zero-order chi connectivity index (χ0) is 16.8. The molecule has 0 saturated carbocycles. The van der Waals surface area contributed by atoms with Gasteiger partial charge in [-0.05, 0) is 44.4 Å². The molecular weight excluding hydrogens is 310 g/mol. The summed E-state index contributed by atoms with van der Waals surface area (Å²) in [5.41, 5.74) is 2.25. The van der Waals surface area contributed by atoms with Gasteiger partial charge in [0.1, 0.15) is 0 Å². The molecule has 0 saturated heterocycles. The van der Waals surface area contributed by atoms with Gasteiger partial charge in [0.25, 0.3) is 5.91 Å². The molecule has 23 heavy (non-hydrogen) atoms. The molecule has 120 valence electrons. The second kappa shape index (κ2) is 7.83. The van der Waals surface area contributed by atoms with Crippen LogP contribution in [0.25, 0.3) is 0 Å². The van der Waals surface area contributed by atoms with E-state index < -0.39 is 12.1 Å². The lowest BCUT2D eigenvalue weighted by Gasteiger charge is -2.14. The summed E-state index contributed by atoms with van der Waals surface area (Å²) in [5.74, 6) is -0.856. The standard InChI is InChI=1S/C18H19NO3S/c1-12-8-10-14(11-9-12)19-17(20)13(2)22-18(21)15-6-4-5-7-16(15)23-3/h4-11,13H,1-3H3,(H,19,20)/t13-/m0/s1. The molecule has 2 aromatic carbocycles. The van der Waals surface area contributed by atoms with Gasteiger partial charge >= 0.3 is 5.97 Å². The second-order valence-electron chi connectivity index (χ2n) is 5.10. The number of carbonyl (C=O) groups is 2. The number of rotatable bonds is 5. The molecule has 2 rings (SSSR count). The molecule has 0 aromatic heterocycles. The van der Waals surface area contributed by atoms with Crippen molar-refractivity contribution >= 4 is 29.3 Å². The Hall–Kier alpha value is -2.27. The van der Waals surface area contributed by atoms with Crippen molar-refractivity contribution in [2.24, 2.45) is 0 Å². The smallest absolute Gasteiger partial charge is 0.340 e. The number of esters is 1. The highest BCUT2D eigenvalue weighted by atomic mass is 32.2. The lowest BCUT2D eigenvalue weighted by atomic mass is 10.2. The van der Waals surface area contributed by atoms with Gasteiger partial charge in [-0.15, -0.1) is 11.8 Å². The summed E-state index contributed by atoms with van der Waals surface area (Å²) in [5, 5.41) is 2.73. The molecule has 0 bridgehead atoms. The Kier molecular flexibility index (Phi) is 5.82. The average molecular weight is 329 g/mol. The van der Waals surface area contributed by atoms with Crippen LogP contribution in [0.1, 0.15) is 22.8 Å². The maximum atomic E-state index is 12.2. The molecule has 0 heterocycles. The summed E-state index contributed by atoms with van der Waals surface area (Å²) >= 11 is 1.46. The first-order chi connectivity index (χ1) is 11.0. The van der Waals surface area contributed by atoms with Crippen LogP contribution in [0.2, 0.25) is 0 Å². The average Bonchev–Trinajstić information content (AvgIpc) is 2.56. The number of anilines is 1. The van der Waals surface area contributed by atoms with Gasteiger partial charge in [-0.1, -0.05) is 29.8 Å². The number of benzene rings is 2. The number of hydrogen-bond acceptors (Lipinski definition) is 4. The van der Waals surface area contributed by atoms with Crippen molar-refractivity contribution < 1.29 is 14.3 Å². The summed E-state index contributed by atoms with van der Waals surface area (Å²) < 4.78 is 5.27. The van der Waals surface area contributed by atoms with Crippen molar-refractivity contribution in [2.45, 2.75) is 24.8 Å². The van der Waals surface area contributed by atoms with Crippen LogP contribution >= 0.6 is 11.8 Å². The molecule has 1 amide bonds. The zero-order valence-corrected chi connectivity index (χ0v) is 14.1. The summed E-state index contributed by atoms with van der Waals surface area (Å²) in [6.07, 6.45) is 1.01. The zero-order valence-electron chi connectivity index (χ0n) is 13.3. The minimum atomic E-state index is -0.876. The largest absolute Gasteiger partial charge is 0.449 e. The molecule has 1 N–H and O–H groups in total. The van der Waals surface area contributed by atoms with E-state index in [0.29, 0.717) is 11.3 Å². The van der Waals surface area contributed by atoms with Crippen molar-refractivity contribution in [3.63, 3.8) is 0 Å². The monoisotopic (exact) mass is 329 g/mol. The molecular formula is C18H19NO3S. The van der Waals surface area contributed by atoms with Gasteiger partial charge in [0.15, 0.2) is 6.10 Å². The van der Waals surface area contributed by atoms with Crippen molar-refractivity contribution in [3.8, 4) is 0 Å². The quantitative estimate of drug-likeness (QED) is 0.668. The predicted molar refractivity (Wildman–Crippen MR) is 92.9 cm³/mol. The van der Waals surface area contributed by atoms with Crippen molar-refractivity contribution in [3.05, 3.63) is 59.7 Å². The molecule has 0 aliphatic rings. The molecule has 0 spiro atoms. The molecule has 4 nitrogen and oxygen atoms in total. The highest BCUT2D eigenvalue weighted by molar-refractivity contribution is 7.98. The summed E-state index contributed by atoms with van der Waals surface area (Å²) in [6.45, 7) is 3.53. The van der Waals surface area contributed by atoms with Gasteiger partial charge in [0, 0.05) is 10.6 Å².